The van der Waals surface area contributed by atoms with E-state index in [1.807, 2.05) is 51.1 Å². The minimum Gasteiger partial charge on any atom is -0.491 e. The van der Waals surface area contributed by atoms with E-state index in [1.54, 1.807) is 0 Å². The Labute approximate surface area is 168 Å². The number of amides is 1. The summed E-state index contributed by atoms with van der Waals surface area (Å²) in [4.78, 5) is 12.6. The van der Waals surface area contributed by atoms with Crippen LogP contribution < -0.4 is 14.8 Å². The summed E-state index contributed by atoms with van der Waals surface area (Å²) >= 11 is 0. The van der Waals surface area contributed by atoms with Crippen molar-refractivity contribution in [3.8, 4) is 11.5 Å². The van der Waals surface area contributed by atoms with Gasteiger partial charge < -0.3 is 14.8 Å². The van der Waals surface area contributed by atoms with Crippen molar-refractivity contribution in [1.82, 2.24) is 5.32 Å². The van der Waals surface area contributed by atoms with E-state index in [9.17, 15) is 4.79 Å². The Morgan fingerprint density at radius 1 is 1.04 bits per heavy atom. The fraction of sp³-hybridized carbons (Fsp3) is 0.458. The van der Waals surface area contributed by atoms with E-state index < -0.39 is 6.10 Å². The zero-order valence-electron chi connectivity index (χ0n) is 17.2. The highest BCUT2D eigenvalue weighted by Crippen LogP contribution is 2.26. The molecule has 0 bridgehead atoms. The number of hydrogen-bond donors (Lipinski definition) is 1. The number of aryl methyl sites for hydroxylation is 3. The SMILES string of the molecule is CCC(Oc1ccc2c(c1)CCCC2)C(=O)NC(C)COc1ccc(C)cc1. The van der Waals surface area contributed by atoms with Crippen LogP contribution in [0.3, 0.4) is 0 Å². The molecule has 2 unspecified atom stereocenters. The summed E-state index contributed by atoms with van der Waals surface area (Å²) in [5.74, 6) is 1.50. The molecule has 28 heavy (non-hydrogen) atoms. The van der Waals surface area contributed by atoms with E-state index in [0.29, 0.717) is 13.0 Å². The van der Waals surface area contributed by atoms with E-state index in [4.69, 9.17) is 9.47 Å². The highest BCUT2D eigenvalue weighted by Gasteiger charge is 2.21. The lowest BCUT2D eigenvalue weighted by atomic mass is 9.92. The predicted octanol–water partition coefficient (Wildman–Crippen LogP) is 4.61. The minimum absolute atomic E-state index is 0.0970. The van der Waals surface area contributed by atoms with Crippen molar-refractivity contribution < 1.29 is 14.3 Å². The summed E-state index contributed by atoms with van der Waals surface area (Å²) in [5.41, 5.74) is 3.97. The lowest BCUT2D eigenvalue weighted by Gasteiger charge is -2.22. The molecule has 2 aromatic rings. The second-order valence-electron chi connectivity index (χ2n) is 7.69. The number of carbonyl (C=O) groups is 1. The smallest absolute Gasteiger partial charge is 0.261 e. The fourth-order valence-corrected chi connectivity index (χ4v) is 3.50. The molecule has 0 saturated heterocycles. The first-order valence-electron chi connectivity index (χ1n) is 10.3. The van der Waals surface area contributed by atoms with Gasteiger partial charge in [0.15, 0.2) is 6.10 Å². The molecular weight excluding hydrogens is 350 g/mol. The van der Waals surface area contributed by atoms with Gasteiger partial charge in [-0.15, -0.1) is 0 Å². The summed E-state index contributed by atoms with van der Waals surface area (Å²) in [6.45, 7) is 6.37. The van der Waals surface area contributed by atoms with Gasteiger partial charge in [-0.05, 0) is 81.3 Å². The second-order valence-corrected chi connectivity index (χ2v) is 7.69. The summed E-state index contributed by atoms with van der Waals surface area (Å²) in [6.07, 6.45) is 4.86. The maximum Gasteiger partial charge on any atom is 0.261 e. The zero-order chi connectivity index (χ0) is 19.9. The number of ether oxygens (including phenoxy) is 2. The molecule has 0 aliphatic heterocycles. The molecule has 0 radical (unpaired) electrons. The van der Waals surface area contributed by atoms with Crippen LogP contribution in [0.25, 0.3) is 0 Å². The van der Waals surface area contributed by atoms with Gasteiger partial charge in [-0.3, -0.25) is 4.79 Å². The Bertz CT molecular complexity index is 785. The van der Waals surface area contributed by atoms with Crippen LogP contribution in [-0.4, -0.2) is 24.7 Å². The maximum atomic E-state index is 12.6. The summed E-state index contributed by atoms with van der Waals surface area (Å²) in [7, 11) is 0. The Kier molecular flexibility index (Phi) is 6.96. The van der Waals surface area contributed by atoms with Crippen molar-refractivity contribution in [2.45, 2.75) is 65.0 Å². The van der Waals surface area contributed by atoms with Gasteiger partial charge in [0.1, 0.15) is 18.1 Å². The zero-order valence-corrected chi connectivity index (χ0v) is 17.2. The van der Waals surface area contributed by atoms with Gasteiger partial charge in [-0.25, -0.2) is 0 Å². The van der Waals surface area contributed by atoms with Crippen LogP contribution in [0, 0.1) is 6.92 Å². The molecule has 2 atom stereocenters. The minimum atomic E-state index is -0.497. The molecule has 0 aromatic heterocycles. The normalized spacial score (nSPS) is 15.2. The quantitative estimate of drug-likeness (QED) is 0.726. The largest absolute Gasteiger partial charge is 0.491 e. The number of hydrogen-bond acceptors (Lipinski definition) is 3. The van der Waals surface area contributed by atoms with E-state index in [2.05, 4.69) is 17.4 Å². The van der Waals surface area contributed by atoms with Crippen molar-refractivity contribution in [3.63, 3.8) is 0 Å². The summed E-state index contributed by atoms with van der Waals surface area (Å²) < 4.78 is 11.8. The Morgan fingerprint density at radius 2 is 1.71 bits per heavy atom. The summed E-state index contributed by atoms with van der Waals surface area (Å²) in [5, 5.41) is 3.01. The Hall–Kier alpha value is -2.49. The van der Waals surface area contributed by atoms with Crippen molar-refractivity contribution >= 4 is 5.91 Å². The Morgan fingerprint density at radius 3 is 2.43 bits per heavy atom. The van der Waals surface area contributed by atoms with E-state index in [1.165, 1.54) is 29.5 Å². The molecule has 150 valence electrons. The molecule has 3 rings (SSSR count). The third-order valence-corrected chi connectivity index (χ3v) is 5.17. The molecular formula is C24H31NO3. The molecule has 0 saturated carbocycles. The molecule has 2 aromatic carbocycles. The van der Waals surface area contributed by atoms with Gasteiger partial charge in [-0.2, -0.15) is 0 Å². The van der Waals surface area contributed by atoms with Crippen LogP contribution >= 0.6 is 0 Å². The van der Waals surface area contributed by atoms with Gasteiger partial charge in [0.25, 0.3) is 5.91 Å². The molecule has 0 fully saturated rings. The lowest BCUT2D eigenvalue weighted by Crippen LogP contribution is -2.44. The van der Waals surface area contributed by atoms with Crippen LogP contribution in [0.5, 0.6) is 11.5 Å². The Balaban J connectivity index is 1.52. The number of carbonyl (C=O) groups excluding carboxylic acids is 1. The predicted molar refractivity (Wildman–Crippen MR) is 112 cm³/mol. The van der Waals surface area contributed by atoms with Gasteiger partial charge in [0.2, 0.25) is 0 Å². The maximum absolute atomic E-state index is 12.6. The first kappa shape index (κ1) is 20.2. The first-order valence-corrected chi connectivity index (χ1v) is 10.3. The number of rotatable bonds is 8. The van der Waals surface area contributed by atoms with Crippen molar-refractivity contribution in [2.75, 3.05) is 6.61 Å². The molecule has 1 aliphatic rings. The first-order chi connectivity index (χ1) is 13.5. The van der Waals surface area contributed by atoms with Crippen molar-refractivity contribution in [3.05, 3.63) is 59.2 Å². The average molecular weight is 382 g/mol. The topological polar surface area (TPSA) is 47.6 Å². The monoisotopic (exact) mass is 381 g/mol. The van der Waals surface area contributed by atoms with Crippen LogP contribution in [0.1, 0.15) is 49.8 Å². The molecule has 1 aliphatic carbocycles. The van der Waals surface area contributed by atoms with Gasteiger partial charge in [-0.1, -0.05) is 30.7 Å². The number of fused-ring (bicyclic) bond motifs is 1. The van der Waals surface area contributed by atoms with Crippen molar-refractivity contribution in [2.24, 2.45) is 0 Å². The highest BCUT2D eigenvalue weighted by molar-refractivity contribution is 5.81. The van der Waals surface area contributed by atoms with Crippen LogP contribution in [0.15, 0.2) is 42.5 Å². The standard InChI is InChI=1S/C24H31NO3/c1-4-23(28-22-14-11-19-7-5-6-8-20(19)15-22)24(26)25-18(3)16-27-21-12-9-17(2)10-13-21/h9-15,18,23H,4-8,16H2,1-3H3,(H,25,26). The number of benzene rings is 2. The van der Waals surface area contributed by atoms with E-state index in [0.717, 1.165) is 24.3 Å². The molecule has 4 heteroatoms. The molecule has 4 nitrogen and oxygen atoms in total. The van der Waals surface area contributed by atoms with Gasteiger partial charge in [0.05, 0.1) is 6.04 Å². The van der Waals surface area contributed by atoms with Gasteiger partial charge >= 0.3 is 0 Å². The third kappa shape index (κ3) is 5.51. The molecule has 1 N–H and O–H groups in total. The van der Waals surface area contributed by atoms with E-state index >= 15 is 0 Å². The highest BCUT2D eigenvalue weighted by atomic mass is 16.5. The molecule has 1 amide bonds. The van der Waals surface area contributed by atoms with Crippen molar-refractivity contribution in [1.29, 1.82) is 0 Å². The van der Waals surface area contributed by atoms with E-state index in [-0.39, 0.29) is 11.9 Å². The van der Waals surface area contributed by atoms with Crippen LogP contribution in [0.4, 0.5) is 0 Å². The third-order valence-electron chi connectivity index (χ3n) is 5.17. The van der Waals surface area contributed by atoms with Crippen LogP contribution in [0.2, 0.25) is 0 Å². The fourth-order valence-electron chi connectivity index (χ4n) is 3.50. The average Bonchev–Trinajstić information content (AvgIpc) is 2.71. The summed E-state index contributed by atoms with van der Waals surface area (Å²) in [6, 6.07) is 14.0. The second kappa shape index (κ2) is 9.63. The number of nitrogens with one attached hydrogen (secondary N) is 1. The lowest BCUT2D eigenvalue weighted by molar-refractivity contribution is -0.128. The van der Waals surface area contributed by atoms with Crippen LogP contribution in [-0.2, 0) is 17.6 Å². The van der Waals surface area contributed by atoms with Gasteiger partial charge in [0, 0.05) is 0 Å². The molecule has 0 spiro atoms. The molecule has 0 heterocycles.